The predicted molar refractivity (Wildman–Crippen MR) is 85.9 cm³/mol. The zero-order valence-electron chi connectivity index (χ0n) is 12.3. The van der Waals surface area contributed by atoms with Crippen molar-refractivity contribution in [3.05, 3.63) is 51.8 Å². The zero-order valence-corrected chi connectivity index (χ0v) is 13.9. The summed E-state index contributed by atoms with van der Waals surface area (Å²) in [6, 6.07) is 7.14. The quantitative estimate of drug-likeness (QED) is 0.917. The number of hydrogen-bond donors (Lipinski definition) is 1. The average Bonchev–Trinajstić information content (AvgIpc) is 2.78. The molecule has 0 fully saturated rings. The third kappa shape index (κ3) is 3.58. The standard InChI is InChI=1S/C15H19Cl2N3O/c1-15(21,11-5-4-6-12(16)9-11)14-13(17)10-18-20(14)8-7-19(2)3/h4-6,9-10,21H,7-8H2,1-3H3. The Morgan fingerprint density at radius 2 is 2.05 bits per heavy atom. The minimum absolute atomic E-state index is 0.443. The van der Waals surface area contributed by atoms with Crippen molar-refractivity contribution in [2.75, 3.05) is 20.6 Å². The third-order valence-corrected chi connectivity index (χ3v) is 3.91. The van der Waals surface area contributed by atoms with Gasteiger partial charge in [0.25, 0.3) is 0 Å². The second kappa shape index (κ2) is 6.36. The molecule has 0 saturated heterocycles. The normalized spacial score (nSPS) is 14.4. The Morgan fingerprint density at radius 1 is 1.33 bits per heavy atom. The molecule has 0 spiro atoms. The van der Waals surface area contributed by atoms with E-state index in [4.69, 9.17) is 23.2 Å². The molecule has 0 aliphatic carbocycles. The van der Waals surface area contributed by atoms with Crippen molar-refractivity contribution in [3.8, 4) is 0 Å². The lowest BCUT2D eigenvalue weighted by Crippen LogP contribution is -2.29. The third-order valence-electron chi connectivity index (χ3n) is 3.40. The molecule has 21 heavy (non-hydrogen) atoms. The Hall–Kier alpha value is -1.07. The van der Waals surface area contributed by atoms with E-state index < -0.39 is 5.60 Å². The monoisotopic (exact) mass is 327 g/mol. The van der Waals surface area contributed by atoms with Gasteiger partial charge in [-0.25, -0.2) is 0 Å². The van der Waals surface area contributed by atoms with Gasteiger partial charge in [0.2, 0.25) is 0 Å². The molecule has 0 saturated carbocycles. The van der Waals surface area contributed by atoms with Crippen LogP contribution in [-0.4, -0.2) is 40.4 Å². The molecule has 1 unspecified atom stereocenters. The number of nitrogens with zero attached hydrogens (tertiary/aromatic N) is 3. The lowest BCUT2D eigenvalue weighted by atomic mass is 9.92. The lowest BCUT2D eigenvalue weighted by Gasteiger charge is -2.26. The Bertz CT molecular complexity index is 623. The Morgan fingerprint density at radius 3 is 2.67 bits per heavy atom. The minimum atomic E-state index is -1.26. The van der Waals surface area contributed by atoms with Gasteiger partial charge in [0.05, 0.1) is 23.5 Å². The van der Waals surface area contributed by atoms with E-state index in [-0.39, 0.29) is 0 Å². The number of hydrogen-bond acceptors (Lipinski definition) is 3. The molecule has 2 aromatic rings. The van der Waals surface area contributed by atoms with Crippen LogP contribution in [0.15, 0.2) is 30.5 Å². The van der Waals surface area contributed by atoms with E-state index in [9.17, 15) is 5.11 Å². The van der Waals surface area contributed by atoms with Gasteiger partial charge in [0.1, 0.15) is 5.60 Å². The molecule has 0 amide bonds. The van der Waals surface area contributed by atoms with Crippen LogP contribution in [0, 0.1) is 0 Å². The van der Waals surface area contributed by atoms with Gasteiger partial charge < -0.3 is 10.0 Å². The average molecular weight is 328 g/mol. The largest absolute Gasteiger partial charge is 0.379 e. The van der Waals surface area contributed by atoms with Crippen molar-refractivity contribution in [1.29, 1.82) is 0 Å². The van der Waals surface area contributed by atoms with E-state index >= 15 is 0 Å². The highest BCUT2D eigenvalue weighted by molar-refractivity contribution is 6.31. The summed E-state index contributed by atoms with van der Waals surface area (Å²) in [4.78, 5) is 2.05. The lowest BCUT2D eigenvalue weighted by molar-refractivity contribution is 0.0910. The van der Waals surface area contributed by atoms with E-state index in [0.29, 0.717) is 27.8 Å². The summed E-state index contributed by atoms with van der Waals surface area (Å²) in [5.74, 6) is 0. The minimum Gasteiger partial charge on any atom is -0.379 e. The number of aliphatic hydroxyl groups is 1. The Kier molecular flexibility index (Phi) is 4.94. The number of benzene rings is 1. The fraction of sp³-hybridized carbons (Fsp3) is 0.400. The van der Waals surface area contributed by atoms with E-state index in [1.54, 1.807) is 36.0 Å². The molecule has 0 aliphatic heterocycles. The van der Waals surface area contributed by atoms with Gasteiger partial charge in [-0.05, 0) is 38.7 Å². The van der Waals surface area contributed by atoms with Crippen molar-refractivity contribution in [2.45, 2.75) is 19.1 Å². The first-order valence-electron chi connectivity index (χ1n) is 6.67. The molecule has 0 radical (unpaired) electrons. The van der Waals surface area contributed by atoms with E-state index in [1.807, 2.05) is 25.1 Å². The van der Waals surface area contributed by atoms with Crippen molar-refractivity contribution in [3.63, 3.8) is 0 Å². The van der Waals surface area contributed by atoms with E-state index in [2.05, 4.69) is 5.10 Å². The highest BCUT2D eigenvalue weighted by Crippen LogP contribution is 2.34. The summed E-state index contributed by atoms with van der Waals surface area (Å²) in [7, 11) is 3.97. The first kappa shape index (κ1) is 16.3. The fourth-order valence-electron chi connectivity index (χ4n) is 2.24. The second-order valence-electron chi connectivity index (χ2n) is 5.45. The van der Waals surface area contributed by atoms with Crippen molar-refractivity contribution in [1.82, 2.24) is 14.7 Å². The summed E-state index contributed by atoms with van der Waals surface area (Å²) < 4.78 is 1.74. The van der Waals surface area contributed by atoms with Crippen molar-refractivity contribution < 1.29 is 5.11 Å². The molecule has 0 bridgehead atoms. The van der Waals surface area contributed by atoms with Crippen LogP contribution >= 0.6 is 23.2 Å². The first-order chi connectivity index (χ1) is 9.82. The van der Waals surface area contributed by atoms with Crippen LogP contribution in [-0.2, 0) is 12.1 Å². The molecule has 1 heterocycles. The highest BCUT2D eigenvalue weighted by atomic mass is 35.5. The molecule has 1 aromatic carbocycles. The van der Waals surface area contributed by atoms with Crippen LogP contribution in [0.3, 0.4) is 0 Å². The maximum absolute atomic E-state index is 11.0. The molecule has 1 aromatic heterocycles. The summed E-state index contributed by atoms with van der Waals surface area (Å²) >= 11 is 12.3. The molecule has 1 atom stereocenters. The van der Waals surface area contributed by atoms with Gasteiger partial charge in [-0.15, -0.1) is 0 Å². The predicted octanol–water partition coefficient (Wildman–Crippen LogP) is 3.01. The van der Waals surface area contributed by atoms with Crippen LogP contribution in [0.2, 0.25) is 10.0 Å². The van der Waals surface area contributed by atoms with Gasteiger partial charge >= 0.3 is 0 Å². The van der Waals surface area contributed by atoms with Crippen LogP contribution < -0.4 is 0 Å². The maximum atomic E-state index is 11.0. The van der Waals surface area contributed by atoms with Crippen LogP contribution in [0.4, 0.5) is 0 Å². The fourth-order valence-corrected chi connectivity index (χ4v) is 2.75. The van der Waals surface area contributed by atoms with Crippen LogP contribution in [0.25, 0.3) is 0 Å². The van der Waals surface area contributed by atoms with E-state index in [1.165, 1.54) is 0 Å². The molecule has 6 heteroatoms. The zero-order chi connectivity index (χ0) is 15.6. The van der Waals surface area contributed by atoms with Gasteiger partial charge in [0.15, 0.2) is 0 Å². The Balaban J connectivity index is 2.42. The summed E-state index contributed by atoms with van der Waals surface area (Å²) in [6.07, 6.45) is 1.56. The molecule has 0 aliphatic rings. The van der Waals surface area contributed by atoms with Crippen molar-refractivity contribution in [2.24, 2.45) is 0 Å². The van der Waals surface area contributed by atoms with Gasteiger partial charge in [-0.1, -0.05) is 35.3 Å². The van der Waals surface area contributed by atoms with Crippen LogP contribution in [0.5, 0.6) is 0 Å². The van der Waals surface area contributed by atoms with Crippen LogP contribution in [0.1, 0.15) is 18.2 Å². The van der Waals surface area contributed by atoms with Gasteiger partial charge in [0, 0.05) is 11.6 Å². The topological polar surface area (TPSA) is 41.3 Å². The SMILES string of the molecule is CN(C)CCn1ncc(Cl)c1C(C)(O)c1cccc(Cl)c1. The molecule has 2 rings (SSSR count). The smallest absolute Gasteiger partial charge is 0.130 e. The first-order valence-corrected chi connectivity index (χ1v) is 7.43. The molecule has 4 nitrogen and oxygen atoms in total. The summed E-state index contributed by atoms with van der Waals surface area (Å²) in [5, 5.41) is 16.3. The van der Waals surface area contributed by atoms with Gasteiger partial charge in [-0.3, -0.25) is 4.68 Å². The van der Waals surface area contributed by atoms with Gasteiger partial charge in [-0.2, -0.15) is 5.10 Å². The highest BCUT2D eigenvalue weighted by Gasteiger charge is 2.32. The number of halogens is 2. The van der Waals surface area contributed by atoms with Crippen molar-refractivity contribution >= 4 is 23.2 Å². The molecular formula is C15H19Cl2N3O. The number of aromatic nitrogens is 2. The number of likely N-dealkylation sites (N-methyl/N-ethyl adjacent to an activating group) is 1. The second-order valence-corrected chi connectivity index (χ2v) is 6.29. The molecule has 1 N–H and O–H groups in total. The summed E-state index contributed by atoms with van der Waals surface area (Å²) in [5.41, 5.74) is 0.00178. The maximum Gasteiger partial charge on any atom is 0.130 e. The molecule has 114 valence electrons. The number of rotatable bonds is 5. The van der Waals surface area contributed by atoms with E-state index in [0.717, 1.165) is 6.54 Å². The summed E-state index contributed by atoms with van der Waals surface area (Å²) in [6.45, 7) is 3.15. The molecular weight excluding hydrogens is 309 g/mol. The Labute approximate surface area is 134 Å².